The molecule has 25 nitrogen and oxygen atoms in total. The van der Waals surface area contributed by atoms with Crippen molar-refractivity contribution in [2.45, 2.75) is 57.6 Å². The molecule has 0 fully saturated rings. The molecule has 36 heteroatoms. The first-order chi connectivity index (χ1) is 52.1. The zero-order chi connectivity index (χ0) is 77.9. The molecule has 564 valence electrons. The van der Waals surface area contributed by atoms with Crippen molar-refractivity contribution < 1.29 is 46.4 Å². The number of aromatic nitrogens is 12. The van der Waals surface area contributed by atoms with E-state index in [1.165, 1.54) is 12.7 Å². The Kier molecular flexibility index (Phi) is 31.9. The molecular weight excluding hydrogens is 1570 g/mol. The van der Waals surface area contributed by atoms with Gasteiger partial charge in [-0.25, -0.2) is 39.9 Å². The third-order valence-corrected chi connectivity index (χ3v) is 18.0. The lowest BCUT2D eigenvalue weighted by Gasteiger charge is -2.12. The van der Waals surface area contributed by atoms with Gasteiger partial charge in [-0.2, -0.15) is 13.2 Å². The molecule has 0 atom stereocenters. The molecule has 0 spiro atoms. The highest BCUT2D eigenvalue weighted by atomic mass is 35.5. The molecule has 2 aliphatic heterocycles. The van der Waals surface area contributed by atoms with Crippen LogP contribution >= 0.6 is 92.8 Å². The highest BCUT2D eigenvalue weighted by molar-refractivity contribution is 6.37. The number of alkyl halides is 4. The Hall–Kier alpha value is -10.1. The molecule has 6 N–H and O–H groups in total. The van der Waals surface area contributed by atoms with Crippen LogP contribution in [0.2, 0.25) is 35.3 Å². The minimum Gasteiger partial charge on any atom is -0.497 e. The fourth-order valence-corrected chi connectivity index (χ4v) is 12.0. The average Bonchev–Trinajstić information content (AvgIpc) is 1.66. The van der Waals surface area contributed by atoms with Gasteiger partial charge in [-0.15, -0.1) is 11.6 Å². The predicted molar refractivity (Wildman–Crippen MR) is 415 cm³/mol. The van der Waals surface area contributed by atoms with Gasteiger partial charge in [-0.3, -0.25) is 25.2 Å². The van der Waals surface area contributed by atoms with Crippen LogP contribution in [-0.2, 0) is 56.2 Å². The van der Waals surface area contributed by atoms with E-state index < -0.39 is 12.5 Å². The van der Waals surface area contributed by atoms with Crippen LogP contribution in [0, 0.1) is 5.41 Å². The van der Waals surface area contributed by atoms with Gasteiger partial charge in [0.15, 0.2) is 33.2 Å². The lowest BCUT2D eigenvalue weighted by atomic mass is 10.2. The summed E-state index contributed by atoms with van der Waals surface area (Å²) in [7, 11) is 9.76. The third-order valence-electron chi connectivity index (χ3n) is 15.3. The van der Waals surface area contributed by atoms with Crippen molar-refractivity contribution in [1.82, 2.24) is 59.0 Å². The summed E-state index contributed by atoms with van der Waals surface area (Å²) in [6, 6.07) is 33.1. The number of H-pyrrole nitrogens is 2. The second-order valence-electron chi connectivity index (χ2n) is 21.9. The summed E-state index contributed by atoms with van der Waals surface area (Å²) in [4.78, 5) is 61.1. The number of carbonyl (C=O) groups excluding carboxylic acids is 1. The highest BCUT2D eigenvalue weighted by Gasteiger charge is 2.25. The van der Waals surface area contributed by atoms with Crippen molar-refractivity contribution in [3.63, 3.8) is 0 Å². The number of nitrogens with two attached hydrogens (primary N) is 1. The Balaban J connectivity index is 0.000000168. The Morgan fingerprint density at radius 2 is 0.991 bits per heavy atom. The van der Waals surface area contributed by atoms with Gasteiger partial charge >= 0.3 is 6.18 Å². The number of aldehydes is 1. The summed E-state index contributed by atoms with van der Waals surface area (Å²) in [6.07, 6.45) is 8.88. The number of nitrogens with one attached hydrogen (secondary N) is 4. The number of methoxy groups -OCH3 is 6. The Labute approximate surface area is 656 Å². The summed E-state index contributed by atoms with van der Waals surface area (Å²) < 4.78 is 66.4. The van der Waals surface area contributed by atoms with Crippen LogP contribution < -0.4 is 50.4 Å². The van der Waals surface area contributed by atoms with Crippen LogP contribution in [0.4, 0.5) is 30.4 Å². The summed E-state index contributed by atoms with van der Waals surface area (Å²) in [5.41, 5.74) is 17.7. The topological polar surface area (TPSA) is 316 Å². The first-order valence-electron chi connectivity index (χ1n) is 31.7. The van der Waals surface area contributed by atoms with Gasteiger partial charge in [0.1, 0.15) is 69.6 Å². The molecule has 0 amide bonds. The molecule has 0 radical (unpaired) electrons. The highest BCUT2D eigenvalue weighted by Crippen LogP contribution is 2.34. The van der Waals surface area contributed by atoms with Gasteiger partial charge in [0.2, 0.25) is 6.29 Å². The summed E-state index contributed by atoms with van der Waals surface area (Å²) in [6.45, 7) is 2.36. The van der Waals surface area contributed by atoms with E-state index in [9.17, 15) is 13.2 Å². The van der Waals surface area contributed by atoms with Crippen molar-refractivity contribution in [3.05, 3.63) is 238 Å². The lowest BCUT2D eigenvalue weighted by molar-refractivity contribution is -0.156. The van der Waals surface area contributed by atoms with E-state index in [0.717, 1.165) is 109 Å². The van der Waals surface area contributed by atoms with Gasteiger partial charge in [0.25, 0.3) is 0 Å². The monoisotopic (exact) mass is 1630 g/mol. The van der Waals surface area contributed by atoms with Crippen molar-refractivity contribution in [2.75, 3.05) is 48.0 Å². The fourth-order valence-electron chi connectivity index (χ4n) is 9.84. The van der Waals surface area contributed by atoms with E-state index in [-0.39, 0.29) is 5.49 Å². The Morgan fingerprint density at radius 3 is 1.46 bits per heavy atom. The number of anilines is 1. The second kappa shape index (κ2) is 41.3. The maximum atomic E-state index is 10.4. The average molecular weight is 1640 g/mol. The molecule has 6 aromatic heterocycles. The van der Waals surface area contributed by atoms with E-state index >= 15 is 0 Å². The van der Waals surface area contributed by atoms with Gasteiger partial charge in [-0.05, 0) is 66.7 Å². The number of benzene rings is 6. The molecule has 14 rings (SSSR count). The minimum absolute atomic E-state index is 0.161. The molecule has 108 heavy (non-hydrogen) atoms. The Morgan fingerprint density at radius 1 is 0.556 bits per heavy atom. The van der Waals surface area contributed by atoms with E-state index in [1.807, 2.05) is 83.6 Å². The van der Waals surface area contributed by atoms with E-state index in [4.69, 9.17) is 137 Å². The summed E-state index contributed by atoms with van der Waals surface area (Å²) in [5.74, 6) is 5.63. The molecule has 2 aliphatic rings. The smallest absolute Gasteiger partial charge is 0.446 e. The van der Waals surface area contributed by atoms with Crippen LogP contribution in [0.1, 0.15) is 44.8 Å². The van der Waals surface area contributed by atoms with Gasteiger partial charge < -0.3 is 58.6 Å². The molecular formula is C72H67Cl8F3N18O7. The van der Waals surface area contributed by atoms with Crippen LogP contribution in [0.15, 0.2) is 162 Å². The number of rotatable bonds is 17. The molecule has 0 saturated carbocycles. The van der Waals surface area contributed by atoms with E-state index in [1.54, 1.807) is 115 Å². The lowest BCUT2D eigenvalue weighted by Crippen LogP contribution is -2.15. The number of aromatic amines is 2. The maximum absolute atomic E-state index is 10.4. The zero-order valence-corrected chi connectivity index (χ0v) is 64.2. The molecule has 0 aliphatic carbocycles. The number of fused-ring (bicyclic) bond motifs is 4. The predicted octanol–water partition coefficient (Wildman–Crippen LogP) is 16.2. The number of halogens is 11. The molecule has 12 aromatic rings. The first kappa shape index (κ1) is 83.5. The quantitative estimate of drug-likeness (QED) is 0.0321. The van der Waals surface area contributed by atoms with Crippen molar-refractivity contribution in [1.29, 1.82) is 5.41 Å². The standard InChI is InChI=1S/C21H19Cl2N5O2.C15H16N4O2.C12H9Cl2N5.C9H13NO2.C7H5Cl3.C6H4ClN3.C2HF3O/c1-29-14-7-6-13(18(8-14)30-2)9-24-20-19-21(26-11-25-19)28(12-27-20)10-15-16(22)4-3-5-17(15)23;1-20-11-4-3-10(13(7-11)21-2)8-17-15-14-12(5-6-16-14)18-9-19-15;13-8-2-1-3-9(14)7(8)4-19-6-18-11(15)10-12(19)17-5-16-10;1-11-8-4-3-7(6-10)9(5-8)12-2;8-4-5-6(9)2-1-3-7(5)10;7-6-5-4(1-2-8-5)9-3-10-6;3-2(4,5)1-6/h3-8,11-12H,9-10H2,1-2H3,(H,25,26);3-4,6-7,9H,5,8H2,1-2H3,(H,17,18,19);1-3,5-6,15H,4H2,(H,16,17);3-5H,6,10H2,1-2H3;1-3H,4H2;2-3H,1H2;1H. The summed E-state index contributed by atoms with van der Waals surface area (Å²) >= 11 is 47.7. The van der Waals surface area contributed by atoms with Gasteiger partial charge in [0.05, 0.1) is 105 Å². The zero-order valence-electron chi connectivity index (χ0n) is 58.2. The number of hydrogen-bond acceptors (Lipinski definition) is 21. The molecule has 0 unspecified atom stereocenters. The van der Waals surface area contributed by atoms with E-state index in [0.29, 0.717) is 102 Å². The van der Waals surface area contributed by atoms with E-state index in [2.05, 4.69) is 70.1 Å². The molecule has 8 heterocycles. The SMILES string of the molecule is COc1ccc(CN)c(OC)c1.COc1ccc(CN=c2ncn(Cc3c(Cl)cccc3Cl)c3nc[nH]c23)c(OC)c1.COc1ccc(CNc2ncnc3c2N=CC3)c(OC)c1.ClCc1c(Cl)cccc1Cl.Clc1ncnc2c1N=CC2.N=c1ncn(Cc2c(Cl)cccc2Cl)c2nc[nH]c12.O=CC(F)(F)F. The number of hydrogen-bond donors (Lipinski definition) is 5. The van der Waals surface area contributed by atoms with Gasteiger partial charge in [0, 0.05) is 120 Å². The minimum atomic E-state index is -4.64. The second-order valence-corrected chi connectivity index (χ2v) is 25.0. The summed E-state index contributed by atoms with van der Waals surface area (Å²) in [5, 5.41) is 15.1. The molecule has 0 saturated heterocycles. The number of nitrogens with zero attached hydrogens (tertiary/aromatic N) is 13. The number of ether oxygens (including phenoxy) is 6. The third kappa shape index (κ3) is 23.0. The normalized spacial score (nSPS) is 11.4. The Bertz CT molecular complexity index is 5180. The molecule has 6 aromatic carbocycles. The maximum Gasteiger partial charge on any atom is 0.446 e. The van der Waals surface area contributed by atoms with Gasteiger partial charge in [-0.1, -0.05) is 105 Å². The van der Waals surface area contributed by atoms with Crippen LogP contribution in [0.3, 0.4) is 0 Å². The van der Waals surface area contributed by atoms with Crippen molar-refractivity contribution in [3.8, 4) is 34.5 Å². The largest absolute Gasteiger partial charge is 0.497 e. The van der Waals surface area contributed by atoms with Crippen LogP contribution in [0.5, 0.6) is 34.5 Å². The number of aliphatic imine (C=N–C) groups is 2. The fraction of sp³-hybridized carbons (Fsp3) is 0.208. The van der Waals surface area contributed by atoms with Crippen molar-refractivity contribution in [2.24, 2.45) is 20.7 Å². The van der Waals surface area contributed by atoms with Crippen LogP contribution in [-0.4, -0.2) is 127 Å². The first-order valence-corrected chi connectivity index (χ1v) is 34.9. The van der Waals surface area contributed by atoms with Crippen molar-refractivity contribution >= 4 is 151 Å². The number of imidazole rings is 2. The van der Waals surface area contributed by atoms with Crippen LogP contribution in [0.25, 0.3) is 22.3 Å². The molecule has 0 bridgehead atoms. The number of carbonyl (C=O) groups is 1.